The Kier molecular flexibility index (Phi) is 6.39. The van der Waals surface area contributed by atoms with Crippen LogP contribution in [0, 0.1) is 18.3 Å². The lowest BCUT2D eigenvalue weighted by atomic mass is 9.74. The minimum absolute atomic E-state index is 0.0210. The van der Waals surface area contributed by atoms with Gasteiger partial charge in [0.2, 0.25) is 0 Å². The maximum absolute atomic E-state index is 13.3. The van der Waals surface area contributed by atoms with Crippen molar-refractivity contribution in [1.82, 2.24) is 4.90 Å². The topological polar surface area (TPSA) is 59.4 Å². The Bertz CT molecular complexity index is 1280. The number of urea groups is 1. The molecule has 5 nitrogen and oxygen atoms in total. The third-order valence-corrected chi connectivity index (χ3v) is 7.25. The quantitative estimate of drug-likeness (QED) is 0.520. The third-order valence-electron chi connectivity index (χ3n) is 7.25. The van der Waals surface area contributed by atoms with Gasteiger partial charge in [-0.2, -0.15) is 5.26 Å². The van der Waals surface area contributed by atoms with Crippen molar-refractivity contribution >= 4 is 23.5 Å². The molecule has 176 valence electrons. The number of nitrogens with one attached hydrogen (secondary N) is 1. The van der Waals surface area contributed by atoms with Crippen LogP contribution in [-0.2, 0) is 5.41 Å². The first-order valence-electron chi connectivity index (χ1n) is 12.2. The minimum atomic E-state index is -0.143. The molecule has 3 aromatic carbocycles. The van der Waals surface area contributed by atoms with Crippen LogP contribution in [0.3, 0.4) is 0 Å². The molecule has 1 N–H and O–H groups in total. The van der Waals surface area contributed by atoms with Crippen LogP contribution in [0.1, 0.15) is 35.1 Å². The van der Waals surface area contributed by atoms with E-state index in [2.05, 4.69) is 77.8 Å². The summed E-state index contributed by atoms with van der Waals surface area (Å²) in [6, 6.07) is 25.9. The van der Waals surface area contributed by atoms with Gasteiger partial charge in [0.05, 0.1) is 11.6 Å². The highest BCUT2D eigenvalue weighted by molar-refractivity contribution is 6.03. The molecule has 0 aromatic heterocycles. The molecule has 35 heavy (non-hydrogen) atoms. The fourth-order valence-corrected chi connectivity index (χ4v) is 5.31. The fraction of sp³-hybridized carbons (Fsp3) is 0.267. The maximum Gasteiger partial charge on any atom is 0.326 e. The van der Waals surface area contributed by atoms with E-state index in [1.165, 1.54) is 16.7 Å². The minimum Gasteiger partial charge on any atom is -0.307 e. The first kappa shape index (κ1) is 22.9. The van der Waals surface area contributed by atoms with Gasteiger partial charge in [0.1, 0.15) is 0 Å². The zero-order valence-electron chi connectivity index (χ0n) is 20.1. The molecule has 2 amide bonds. The van der Waals surface area contributed by atoms with Gasteiger partial charge >= 0.3 is 6.03 Å². The summed E-state index contributed by atoms with van der Waals surface area (Å²) in [5.41, 5.74) is 5.89. The largest absolute Gasteiger partial charge is 0.326 e. The number of anilines is 2. The van der Waals surface area contributed by atoms with Crippen molar-refractivity contribution in [2.75, 3.05) is 36.4 Å². The van der Waals surface area contributed by atoms with Crippen LogP contribution in [0.5, 0.6) is 0 Å². The highest BCUT2D eigenvalue weighted by Gasteiger charge is 2.46. The Morgan fingerprint density at radius 1 is 1.06 bits per heavy atom. The number of likely N-dealkylation sites (tertiary alicyclic amines) is 1. The highest BCUT2D eigenvalue weighted by atomic mass is 16.2. The number of carbonyl (C=O) groups excluding carboxylic acids is 1. The molecule has 3 aromatic rings. The van der Waals surface area contributed by atoms with Gasteiger partial charge < -0.3 is 5.32 Å². The molecule has 2 aliphatic rings. The van der Waals surface area contributed by atoms with E-state index in [9.17, 15) is 10.1 Å². The summed E-state index contributed by atoms with van der Waals surface area (Å²) in [6.07, 6.45) is 6.48. The number of fused-ring (bicyclic) bond motifs is 2. The number of piperidine rings is 1. The fourth-order valence-electron chi connectivity index (χ4n) is 5.31. The van der Waals surface area contributed by atoms with Gasteiger partial charge in [0, 0.05) is 29.9 Å². The zero-order valence-corrected chi connectivity index (χ0v) is 20.1. The van der Waals surface area contributed by atoms with Gasteiger partial charge in [0.15, 0.2) is 0 Å². The first-order valence-corrected chi connectivity index (χ1v) is 12.2. The molecular weight excluding hydrogens is 432 g/mol. The Hall–Kier alpha value is -3.88. The van der Waals surface area contributed by atoms with E-state index in [1.54, 1.807) is 18.2 Å². The lowest BCUT2D eigenvalue weighted by molar-refractivity contribution is 0.180. The number of nitriles is 1. The van der Waals surface area contributed by atoms with Crippen LogP contribution in [0.4, 0.5) is 16.2 Å². The molecule has 0 bridgehead atoms. The van der Waals surface area contributed by atoms with Crippen molar-refractivity contribution in [3.05, 3.63) is 101 Å². The Morgan fingerprint density at radius 3 is 2.63 bits per heavy atom. The molecule has 2 aliphatic heterocycles. The first-order chi connectivity index (χ1) is 17.1. The molecular formula is C30H30N4O. The summed E-state index contributed by atoms with van der Waals surface area (Å²) >= 11 is 0. The summed E-state index contributed by atoms with van der Waals surface area (Å²) in [7, 11) is 0. The monoisotopic (exact) mass is 462 g/mol. The van der Waals surface area contributed by atoms with Crippen LogP contribution in [0.15, 0.2) is 78.9 Å². The normalized spacial score (nSPS) is 16.9. The van der Waals surface area contributed by atoms with Crippen molar-refractivity contribution in [2.45, 2.75) is 25.2 Å². The molecule has 0 unspecified atom stereocenters. The van der Waals surface area contributed by atoms with E-state index in [1.807, 2.05) is 17.0 Å². The van der Waals surface area contributed by atoms with Crippen molar-refractivity contribution in [1.29, 1.82) is 5.26 Å². The second-order valence-corrected chi connectivity index (χ2v) is 9.62. The zero-order chi connectivity index (χ0) is 24.3. The second kappa shape index (κ2) is 9.77. The van der Waals surface area contributed by atoms with Crippen molar-refractivity contribution in [2.24, 2.45) is 0 Å². The summed E-state index contributed by atoms with van der Waals surface area (Å²) in [5.74, 6) is 0. The highest BCUT2D eigenvalue weighted by Crippen LogP contribution is 2.47. The number of aryl methyl sites for hydroxylation is 1. The van der Waals surface area contributed by atoms with Crippen molar-refractivity contribution in [3.63, 3.8) is 0 Å². The number of hydrogen-bond acceptors (Lipinski definition) is 3. The van der Waals surface area contributed by atoms with Gasteiger partial charge in [-0.25, -0.2) is 4.79 Å². The molecule has 1 fully saturated rings. The number of rotatable bonds is 4. The number of hydrogen-bond donors (Lipinski definition) is 1. The molecule has 5 rings (SSSR count). The van der Waals surface area contributed by atoms with E-state index >= 15 is 0 Å². The van der Waals surface area contributed by atoms with Crippen LogP contribution in [0.2, 0.25) is 0 Å². The van der Waals surface area contributed by atoms with Gasteiger partial charge in [0.25, 0.3) is 0 Å². The number of benzene rings is 3. The molecule has 1 spiro atoms. The van der Waals surface area contributed by atoms with E-state index in [4.69, 9.17) is 0 Å². The van der Waals surface area contributed by atoms with Gasteiger partial charge in [-0.15, -0.1) is 0 Å². The second-order valence-electron chi connectivity index (χ2n) is 9.62. The van der Waals surface area contributed by atoms with Crippen LogP contribution in [0.25, 0.3) is 6.08 Å². The van der Waals surface area contributed by atoms with E-state index in [0.29, 0.717) is 17.8 Å². The summed E-state index contributed by atoms with van der Waals surface area (Å²) in [5, 5.41) is 12.2. The SMILES string of the molecule is Cc1ccc2c(c1)C1(CCN(CC=Cc3ccccc3)CC1)CN2C(=O)Nc1cccc(C#N)c1. The summed E-state index contributed by atoms with van der Waals surface area (Å²) in [4.78, 5) is 17.7. The molecule has 0 saturated carbocycles. The standard InChI is InChI=1S/C30H30N4O/c1-23-12-13-28-27(19-23)30(22-34(28)29(35)32-26-11-5-9-25(20-26)21-31)14-17-33(18-15-30)16-6-10-24-7-3-2-4-8-24/h2-13,19-20H,14-18,22H2,1H3,(H,32,35). The smallest absolute Gasteiger partial charge is 0.307 e. The molecule has 5 heteroatoms. The molecule has 0 radical (unpaired) electrons. The Balaban J connectivity index is 1.30. The maximum atomic E-state index is 13.3. The molecule has 0 aliphatic carbocycles. The van der Waals surface area contributed by atoms with Crippen LogP contribution >= 0.6 is 0 Å². The molecule has 1 saturated heterocycles. The van der Waals surface area contributed by atoms with Crippen LogP contribution < -0.4 is 10.2 Å². The lowest BCUT2D eigenvalue weighted by Gasteiger charge is -2.39. The summed E-state index contributed by atoms with van der Waals surface area (Å²) in [6.45, 7) is 5.75. The van der Waals surface area contributed by atoms with E-state index in [0.717, 1.165) is 38.2 Å². The van der Waals surface area contributed by atoms with Crippen molar-refractivity contribution < 1.29 is 4.79 Å². The lowest BCUT2D eigenvalue weighted by Crippen LogP contribution is -2.46. The summed E-state index contributed by atoms with van der Waals surface area (Å²) < 4.78 is 0. The number of carbonyl (C=O) groups is 1. The van der Waals surface area contributed by atoms with Gasteiger partial charge in [-0.05, 0) is 68.2 Å². The predicted molar refractivity (Wildman–Crippen MR) is 142 cm³/mol. The third kappa shape index (κ3) is 4.84. The van der Waals surface area contributed by atoms with Crippen molar-refractivity contribution in [3.8, 4) is 6.07 Å². The number of nitrogens with zero attached hydrogens (tertiary/aromatic N) is 3. The Morgan fingerprint density at radius 2 is 1.86 bits per heavy atom. The predicted octanol–water partition coefficient (Wildman–Crippen LogP) is 5.97. The molecule has 2 heterocycles. The van der Waals surface area contributed by atoms with E-state index < -0.39 is 0 Å². The average Bonchev–Trinajstić information content (AvgIpc) is 3.19. The van der Waals surface area contributed by atoms with Gasteiger partial charge in [-0.1, -0.05) is 66.2 Å². The molecule has 0 atom stereocenters. The van der Waals surface area contributed by atoms with Crippen LogP contribution in [-0.4, -0.2) is 37.1 Å². The van der Waals surface area contributed by atoms with E-state index in [-0.39, 0.29) is 11.4 Å². The Labute approximate surface area is 207 Å². The average molecular weight is 463 g/mol. The number of amides is 2. The van der Waals surface area contributed by atoms with Gasteiger partial charge in [-0.3, -0.25) is 9.80 Å².